The Labute approximate surface area is 150 Å². The molecule has 0 fully saturated rings. The number of tetrazole rings is 1. The number of rotatable bonds is 8. The van der Waals surface area contributed by atoms with Crippen LogP contribution in [0.1, 0.15) is 24.4 Å². The topological polar surface area (TPSA) is 89.0 Å². The van der Waals surface area contributed by atoms with E-state index in [0.717, 1.165) is 40.1 Å². The Balaban J connectivity index is 1.46. The molecule has 8 heteroatoms. The Bertz CT molecular complexity index is 797. The van der Waals surface area contributed by atoms with E-state index in [0.29, 0.717) is 6.54 Å². The second-order valence-corrected chi connectivity index (χ2v) is 6.74. The van der Waals surface area contributed by atoms with Gasteiger partial charge >= 0.3 is 0 Å². The standard InChI is InChI=1S/C17H21N5O2S/c1-12(23)13-3-5-14(6-4-13)16-8-7-15(24-16)11-18-9-10-25-17-19-20-21-22(17)2/h3-8,12,18,23H,9-11H2,1-2H3/t12-/m1/s1. The van der Waals surface area contributed by atoms with Gasteiger partial charge in [0, 0.05) is 24.9 Å². The Morgan fingerprint density at radius 1 is 1.24 bits per heavy atom. The van der Waals surface area contributed by atoms with Gasteiger partial charge in [0.05, 0.1) is 12.6 Å². The lowest BCUT2D eigenvalue weighted by molar-refractivity contribution is 0.199. The van der Waals surface area contributed by atoms with Gasteiger partial charge in [0.25, 0.3) is 0 Å². The van der Waals surface area contributed by atoms with Crippen molar-refractivity contribution in [3.63, 3.8) is 0 Å². The smallest absolute Gasteiger partial charge is 0.209 e. The summed E-state index contributed by atoms with van der Waals surface area (Å²) in [5, 5.41) is 25.0. The second kappa shape index (κ2) is 8.28. The van der Waals surface area contributed by atoms with Gasteiger partial charge in [-0.2, -0.15) is 0 Å². The van der Waals surface area contributed by atoms with E-state index in [9.17, 15) is 5.11 Å². The van der Waals surface area contributed by atoms with Gasteiger partial charge in [-0.15, -0.1) is 5.10 Å². The van der Waals surface area contributed by atoms with Crippen LogP contribution in [0.15, 0.2) is 46.0 Å². The van der Waals surface area contributed by atoms with Crippen molar-refractivity contribution in [3.05, 3.63) is 47.7 Å². The fourth-order valence-electron chi connectivity index (χ4n) is 2.32. The average molecular weight is 359 g/mol. The van der Waals surface area contributed by atoms with Crippen LogP contribution in [0.2, 0.25) is 0 Å². The number of aliphatic hydroxyl groups excluding tert-OH is 1. The summed E-state index contributed by atoms with van der Waals surface area (Å²) < 4.78 is 7.53. The third-order valence-electron chi connectivity index (χ3n) is 3.73. The Hall–Kier alpha value is -2.16. The van der Waals surface area contributed by atoms with Gasteiger partial charge in [-0.1, -0.05) is 36.0 Å². The summed E-state index contributed by atoms with van der Waals surface area (Å²) in [4.78, 5) is 0. The fourth-order valence-corrected chi connectivity index (χ4v) is 3.07. The molecule has 0 saturated heterocycles. The predicted octanol–water partition coefficient (Wildman–Crippen LogP) is 2.41. The van der Waals surface area contributed by atoms with Gasteiger partial charge < -0.3 is 14.8 Å². The summed E-state index contributed by atoms with van der Waals surface area (Å²) in [6.07, 6.45) is -0.458. The fraction of sp³-hybridized carbons (Fsp3) is 0.353. The van der Waals surface area contributed by atoms with Crippen LogP contribution in [0.5, 0.6) is 0 Å². The number of aryl methyl sites for hydroxylation is 1. The summed E-state index contributed by atoms with van der Waals surface area (Å²) in [5.41, 5.74) is 1.90. The van der Waals surface area contributed by atoms with Crippen molar-refractivity contribution in [3.8, 4) is 11.3 Å². The number of nitrogens with zero attached hydrogens (tertiary/aromatic N) is 4. The Kier molecular flexibility index (Phi) is 5.85. The van der Waals surface area contributed by atoms with E-state index in [1.807, 2.05) is 43.4 Å². The average Bonchev–Trinajstić information content (AvgIpc) is 3.24. The van der Waals surface area contributed by atoms with Crippen LogP contribution in [-0.2, 0) is 13.6 Å². The van der Waals surface area contributed by atoms with E-state index in [1.165, 1.54) is 0 Å². The first-order chi connectivity index (χ1) is 12.1. The summed E-state index contributed by atoms with van der Waals surface area (Å²) in [6, 6.07) is 11.7. The molecule has 0 bridgehead atoms. The molecular formula is C17H21N5O2S. The molecule has 25 heavy (non-hydrogen) atoms. The molecule has 0 amide bonds. The molecule has 7 nitrogen and oxygen atoms in total. The zero-order valence-corrected chi connectivity index (χ0v) is 15.0. The highest BCUT2D eigenvalue weighted by molar-refractivity contribution is 7.99. The molecule has 2 N–H and O–H groups in total. The maximum absolute atomic E-state index is 9.56. The van der Waals surface area contributed by atoms with Gasteiger partial charge in [0.1, 0.15) is 11.5 Å². The highest BCUT2D eigenvalue weighted by atomic mass is 32.2. The summed E-state index contributed by atoms with van der Waals surface area (Å²) >= 11 is 1.61. The number of thioether (sulfide) groups is 1. The summed E-state index contributed by atoms with van der Waals surface area (Å²) in [6.45, 7) is 3.25. The minimum Gasteiger partial charge on any atom is -0.460 e. The molecule has 1 atom stereocenters. The van der Waals surface area contributed by atoms with Gasteiger partial charge in [0.15, 0.2) is 0 Å². The monoisotopic (exact) mass is 359 g/mol. The summed E-state index contributed by atoms with van der Waals surface area (Å²) in [7, 11) is 1.83. The minimum absolute atomic E-state index is 0.458. The van der Waals surface area contributed by atoms with Crippen LogP contribution >= 0.6 is 11.8 Å². The third-order valence-corrected chi connectivity index (χ3v) is 4.74. The number of furan rings is 1. The normalized spacial score (nSPS) is 12.4. The van der Waals surface area contributed by atoms with Crippen molar-refractivity contribution >= 4 is 11.8 Å². The summed E-state index contributed by atoms with van der Waals surface area (Å²) in [5.74, 6) is 2.59. The van der Waals surface area contributed by atoms with Crippen molar-refractivity contribution < 1.29 is 9.52 Å². The first-order valence-corrected chi connectivity index (χ1v) is 9.05. The first kappa shape index (κ1) is 17.7. The van der Waals surface area contributed by atoms with Crippen LogP contribution in [0, 0.1) is 0 Å². The number of nitrogens with one attached hydrogen (secondary N) is 1. The molecule has 0 unspecified atom stereocenters. The highest BCUT2D eigenvalue weighted by Gasteiger charge is 2.07. The largest absolute Gasteiger partial charge is 0.460 e. The lowest BCUT2D eigenvalue weighted by Crippen LogP contribution is -2.16. The van der Waals surface area contributed by atoms with E-state index in [4.69, 9.17) is 4.42 Å². The van der Waals surface area contributed by atoms with Crippen molar-refractivity contribution in [1.82, 2.24) is 25.5 Å². The third kappa shape index (κ3) is 4.68. The molecule has 0 aliphatic carbocycles. The Morgan fingerprint density at radius 3 is 2.72 bits per heavy atom. The molecule has 2 aromatic heterocycles. The molecule has 2 heterocycles. The quantitative estimate of drug-likeness (QED) is 0.471. The number of benzene rings is 1. The van der Waals surface area contributed by atoms with Crippen molar-refractivity contribution in [1.29, 1.82) is 0 Å². The van der Waals surface area contributed by atoms with E-state index in [2.05, 4.69) is 20.8 Å². The van der Waals surface area contributed by atoms with Crippen LogP contribution < -0.4 is 5.32 Å². The van der Waals surface area contributed by atoms with E-state index in [-0.39, 0.29) is 0 Å². The molecule has 0 spiro atoms. The van der Waals surface area contributed by atoms with E-state index >= 15 is 0 Å². The molecule has 132 valence electrons. The van der Waals surface area contributed by atoms with Crippen molar-refractivity contribution in [2.45, 2.75) is 24.7 Å². The number of aromatic nitrogens is 4. The second-order valence-electron chi connectivity index (χ2n) is 5.67. The number of aliphatic hydroxyl groups is 1. The van der Waals surface area contributed by atoms with Crippen LogP contribution in [0.25, 0.3) is 11.3 Å². The Morgan fingerprint density at radius 2 is 2.04 bits per heavy atom. The van der Waals surface area contributed by atoms with Crippen molar-refractivity contribution in [2.24, 2.45) is 7.05 Å². The van der Waals surface area contributed by atoms with Crippen LogP contribution in [0.3, 0.4) is 0 Å². The number of hydrogen-bond donors (Lipinski definition) is 2. The van der Waals surface area contributed by atoms with Crippen LogP contribution in [0.4, 0.5) is 0 Å². The molecule has 0 aliphatic heterocycles. The van der Waals surface area contributed by atoms with Crippen LogP contribution in [-0.4, -0.2) is 37.6 Å². The van der Waals surface area contributed by atoms with Gasteiger partial charge in [-0.3, -0.25) is 0 Å². The highest BCUT2D eigenvalue weighted by Crippen LogP contribution is 2.24. The molecule has 1 aromatic carbocycles. The predicted molar refractivity (Wildman–Crippen MR) is 96.0 cm³/mol. The van der Waals surface area contributed by atoms with E-state index < -0.39 is 6.10 Å². The molecule has 0 aliphatic rings. The zero-order chi connectivity index (χ0) is 17.6. The number of hydrogen-bond acceptors (Lipinski definition) is 7. The minimum atomic E-state index is -0.458. The van der Waals surface area contributed by atoms with Gasteiger partial charge in [-0.05, 0) is 35.0 Å². The zero-order valence-electron chi connectivity index (χ0n) is 14.2. The van der Waals surface area contributed by atoms with Gasteiger partial charge in [0.2, 0.25) is 5.16 Å². The van der Waals surface area contributed by atoms with Crippen molar-refractivity contribution in [2.75, 3.05) is 12.3 Å². The maximum atomic E-state index is 9.56. The molecule has 0 saturated carbocycles. The van der Waals surface area contributed by atoms with Gasteiger partial charge in [-0.25, -0.2) is 4.68 Å². The SMILES string of the molecule is C[C@@H](O)c1ccc(-c2ccc(CNCCSc3nnnn3C)o2)cc1. The molecule has 3 aromatic rings. The first-order valence-electron chi connectivity index (χ1n) is 8.06. The molecule has 0 radical (unpaired) electrons. The van der Waals surface area contributed by atoms with E-state index in [1.54, 1.807) is 23.4 Å². The lowest BCUT2D eigenvalue weighted by atomic mass is 10.1. The maximum Gasteiger partial charge on any atom is 0.209 e. The lowest BCUT2D eigenvalue weighted by Gasteiger charge is -2.05. The molecule has 3 rings (SSSR count). The molecular weight excluding hydrogens is 338 g/mol.